The molecule has 2 aliphatic heterocycles. The second-order valence-electron chi connectivity index (χ2n) is 10.4. The van der Waals surface area contributed by atoms with Crippen molar-refractivity contribution >= 4 is 17.8 Å². The third-order valence-electron chi connectivity index (χ3n) is 8.26. The van der Waals surface area contributed by atoms with E-state index in [9.17, 15) is 18.8 Å². The first-order chi connectivity index (χ1) is 16.9. The average molecular weight is 497 g/mol. The van der Waals surface area contributed by atoms with Crippen LogP contribution in [0.2, 0.25) is 0 Å². The second kappa shape index (κ2) is 12.0. The zero-order chi connectivity index (χ0) is 24.9. The average Bonchev–Trinajstić information content (AvgIpc) is 3.26. The highest BCUT2D eigenvalue weighted by atomic mass is 19.1. The number of halogens is 1. The lowest BCUT2D eigenvalue weighted by Gasteiger charge is -2.38. The van der Waals surface area contributed by atoms with Crippen LogP contribution >= 0.6 is 0 Å². The van der Waals surface area contributed by atoms with Gasteiger partial charge in [-0.3, -0.25) is 14.5 Å². The van der Waals surface area contributed by atoms with Crippen LogP contribution in [0.4, 0.5) is 9.18 Å². The van der Waals surface area contributed by atoms with Crippen molar-refractivity contribution in [3.63, 3.8) is 0 Å². The van der Waals surface area contributed by atoms with Gasteiger partial charge in [0.05, 0.1) is 18.2 Å². The fourth-order valence-electron chi connectivity index (χ4n) is 6.42. The number of carbonyl (C=O) groups excluding carboxylic acids is 3. The van der Waals surface area contributed by atoms with E-state index in [-0.39, 0.29) is 48.4 Å². The molecule has 198 valence electrons. The first kappa shape index (κ1) is 26.3. The highest BCUT2D eigenvalue weighted by Crippen LogP contribution is 2.37. The summed E-state index contributed by atoms with van der Waals surface area (Å²) in [4.78, 5) is 39.5. The summed E-state index contributed by atoms with van der Waals surface area (Å²) in [6, 6.07) is -1.35. The number of imide groups is 1. The van der Waals surface area contributed by atoms with Crippen molar-refractivity contribution in [2.75, 3.05) is 32.8 Å². The molecular formula is C25H41FN4O5. The minimum Gasteiger partial charge on any atom is -0.376 e. The molecule has 0 radical (unpaired) electrons. The Hall–Kier alpha value is -1.78. The van der Waals surface area contributed by atoms with Crippen LogP contribution in [0.3, 0.4) is 0 Å². The molecule has 2 heterocycles. The number of ether oxygens (including phenoxy) is 2. The van der Waals surface area contributed by atoms with Gasteiger partial charge in [-0.25, -0.2) is 9.18 Å². The summed E-state index contributed by atoms with van der Waals surface area (Å²) in [5.74, 6) is -0.0294. The highest BCUT2D eigenvalue weighted by Gasteiger charge is 2.50. The Morgan fingerprint density at radius 3 is 2.49 bits per heavy atom. The van der Waals surface area contributed by atoms with Gasteiger partial charge in [-0.05, 0) is 76.5 Å². The minimum absolute atomic E-state index is 0.0170. The topological polar surface area (TPSA) is 109 Å². The van der Waals surface area contributed by atoms with E-state index < -0.39 is 18.2 Å². The van der Waals surface area contributed by atoms with Crippen LogP contribution in [-0.4, -0.2) is 86.1 Å². The van der Waals surface area contributed by atoms with Gasteiger partial charge in [0.15, 0.2) is 0 Å². The number of rotatable bonds is 9. The third kappa shape index (κ3) is 6.14. The Kier molecular flexibility index (Phi) is 8.99. The van der Waals surface area contributed by atoms with E-state index in [0.717, 1.165) is 37.0 Å². The molecule has 4 rings (SSSR count). The highest BCUT2D eigenvalue weighted by molar-refractivity contribution is 6.03. The lowest BCUT2D eigenvalue weighted by molar-refractivity contribution is -0.136. The van der Waals surface area contributed by atoms with Gasteiger partial charge in [-0.15, -0.1) is 0 Å². The molecule has 3 N–H and O–H groups in total. The number of amides is 4. The van der Waals surface area contributed by atoms with Gasteiger partial charge >= 0.3 is 6.03 Å². The summed E-state index contributed by atoms with van der Waals surface area (Å²) in [6.07, 6.45) is 4.64. The van der Waals surface area contributed by atoms with Crippen LogP contribution in [0.5, 0.6) is 0 Å². The van der Waals surface area contributed by atoms with E-state index in [0.29, 0.717) is 45.1 Å². The van der Waals surface area contributed by atoms with E-state index in [1.54, 1.807) is 0 Å². The summed E-state index contributed by atoms with van der Waals surface area (Å²) < 4.78 is 25.2. The summed E-state index contributed by atoms with van der Waals surface area (Å²) in [6.45, 7) is 6.02. The summed E-state index contributed by atoms with van der Waals surface area (Å²) >= 11 is 0. The number of hydrogen-bond donors (Lipinski definition) is 3. The van der Waals surface area contributed by atoms with Crippen molar-refractivity contribution in [3.05, 3.63) is 0 Å². The largest absolute Gasteiger partial charge is 0.376 e. The molecular weight excluding hydrogens is 455 g/mol. The van der Waals surface area contributed by atoms with Crippen molar-refractivity contribution in [1.29, 1.82) is 0 Å². The van der Waals surface area contributed by atoms with Crippen LogP contribution in [0.1, 0.15) is 58.8 Å². The van der Waals surface area contributed by atoms with Gasteiger partial charge in [0.25, 0.3) is 0 Å². The number of urea groups is 1. The molecule has 4 amide bonds. The summed E-state index contributed by atoms with van der Waals surface area (Å²) in [7, 11) is 0. The molecule has 4 fully saturated rings. The van der Waals surface area contributed by atoms with Gasteiger partial charge < -0.3 is 25.4 Å². The normalized spacial score (nSPS) is 37.6. The number of fused-ring (bicyclic) bond motifs is 1. The Morgan fingerprint density at radius 2 is 1.77 bits per heavy atom. The van der Waals surface area contributed by atoms with E-state index >= 15 is 0 Å². The monoisotopic (exact) mass is 496 g/mol. The fourth-order valence-corrected chi connectivity index (χ4v) is 6.42. The lowest BCUT2D eigenvalue weighted by atomic mass is 9.76. The van der Waals surface area contributed by atoms with Crippen molar-refractivity contribution in [2.45, 2.75) is 89.3 Å². The molecule has 9 nitrogen and oxygen atoms in total. The van der Waals surface area contributed by atoms with Crippen LogP contribution in [0, 0.1) is 17.8 Å². The predicted octanol–water partition coefficient (Wildman–Crippen LogP) is 1.75. The molecule has 0 spiro atoms. The lowest BCUT2D eigenvalue weighted by Crippen LogP contribution is -2.66. The molecule has 0 aromatic rings. The molecule has 0 bridgehead atoms. The number of alkyl halides is 1. The smallest absolute Gasteiger partial charge is 0.324 e. The zero-order valence-corrected chi connectivity index (χ0v) is 21.0. The Balaban J connectivity index is 1.26. The van der Waals surface area contributed by atoms with Crippen LogP contribution in [0.25, 0.3) is 0 Å². The number of nitrogens with one attached hydrogen (secondary N) is 3. The Bertz CT molecular complexity index is 762. The van der Waals surface area contributed by atoms with Gasteiger partial charge in [0.2, 0.25) is 11.8 Å². The molecule has 0 aromatic carbocycles. The molecule has 10 heteroatoms. The maximum Gasteiger partial charge on any atom is 0.324 e. The maximum absolute atomic E-state index is 13.6. The first-order valence-corrected chi connectivity index (χ1v) is 13.4. The van der Waals surface area contributed by atoms with E-state index in [4.69, 9.17) is 9.47 Å². The standard InChI is InChI=1S/C25H41FN4O5/c1-3-34-19-10-5-15(11-20(19)35-4-2)12-27-21(31)14-30-24(32)23-22(29-25(30)33)18(13-28-23)16-6-8-17(26)9-7-16/h15-20,22-23,28H,3-14H2,1-2H3,(H,27,31)(H,29,33). The maximum atomic E-state index is 13.6. The van der Waals surface area contributed by atoms with Gasteiger partial charge in [0.1, 0.15) is 18.8 Å². The molecule has 2 aliphatic carbocycles. The van der Waals surface area contributed by atoms with Crippen molar-refractivity contribution in [1.82, 2.24) is 20.9 Å². The van der Waals surface area contributed by atoms with E-state index in [1.807, 2.05) is 13.8 Å². The van der Waals surface area contributed by atoms with Crippen molar-refractivity contribution < 1.29 is 28.2 Å². The quantitative estimate of drug-likeness (QED) is 0.449. The zero-order valence-electron chi connectivity index (χ0n) is 21.0. The van der Waals surface area contributed by atoms with Gasteiger partial charge in [-0.2, -0.15) is 0 Å². The van der Waals surface area contributed by atoms with Crippen molar-refractivity contribution in [2.24, 2.45) is 17.8 Å². The molecule has 6 atom stereocenters. The fraction of sp³-hybridized carbons (Fsp3) is 0.880. The van der Waals surface area contributed by atoms with E-state index in [2.05, 4.69) is 16.0 Å². The van der Waals surface area contributed by atoms with Gasteiger partial charge in [0, 0.05) is 26.3 Å². The predicted molar refractivity (Wildman–Crippen MR) is 127 cm³/mol. The Labute approximate surface area is 207 Å². The second-order valence-corrected chi connectivity index (χ2v) is 10.4. The third-order valence-corrected chi connectivity index (χ3v) is 8.26. The summed E-state index contributed by atoms with van der Waals surface area (Å²) in [5.41, 5.74) is 0. The summed E-state index contributed by atoms with van der Waals surface area (Å²) in [5, 5.41) is 9.12. The van der Waals surface area contributed by atoms with Gasteiger partial charge in [-0.1, -0.05) is 0 Å². The molecule has 35 heavy (non-hydrogen) atoms. The molecule has 2 saturated heterocycles. The van der Waals surface area contributed by atoms with Crippen LogP contribution in [-0.2, 0) is 19.1 Å². The molecule has 0 aromatic heterocycles. The Morgan fingerprint density at radius 1 is 1.06 bits per heavy atom. The number of carbonyl (C=O) groups is 3. The minimum atomic E-state index is -0.738. The molecule has 2 saturated carbocycles. The number of hydrogen-bond acceptors (Lipinski definition) is 6. The molecule has 6 unspecified atom stereocenters. The SMILES string of the molecule is CCOC1CCC(CNC(=O)CN2C(=O)NC3C(NCC3C3CCC(F)CC3)C2=O)CC1OCC. The van der Waals surface area contributed by atoms with Crippen molar-refractivity contribution in [3.8, 4) is 0 Å². The molecule has 4 aliphatic rings. The van der Waals surface area contributed by atoms with Crippen LogP contribution in [0.15, 0.2) is 0 Å². The number of nitrogens with zero attached hydrogens (tertiary/aromatic N) is 1. The van der Waals surface area contributed by atoms with E-state index in [1.165, 1.54) is 0 Å². The first-order valence-electron chi connectivity index (χ1n) is 13.4. The van der Waals surface area contributed by atoms with Crippen LogP contribution < -0.4 is 16.0 Å².